The van der Waals surface area contributed by atoms with E-state index in [0.29, 0.717) is 10.6 Å². The van der Waals surface area contributed by atoms with E-state index < -0.39 is 0 Å². The third-order valence-electron chi connectivity index (χ3n) is 2.59. The number of thioether (sulfide) groups is 1. The lowest BCUT2D eigenvalue weighted by molar-refractivity contribution is 0.318. The summed E-state index contributed by atoms with van der Waals surface area (Å²) in [6.45, 7) is 0. The molecule has 19 heavy (non-hydrogen) atoms. The normalized spacial score (nSPS) is 11.5. The van der Waals surface area contributed by atoms with E-state index in [1.807, 2.05) is 24.3 Å². The number of nitrogens with two attached hydrogens (primary N) is 1. The molecular weight excluding hydrogens is 280 g/mol. The van der Waals surface area contributed by atoms with Crippen molar-refractivity contribution in [1.29, 1.82) is 0 Å². The zero-order valence-corrected chi connectivity index (χ0v) is 11.7. The van der Waals surface area contributed by atoms with Crippen LogP contribution in [0.4, 0.5) is 0 Å². The number of amidine groups is 1. The summed E-state index contributed by atoms with van der Waals surface area (Å²) < 4.78 is 0. The maximum atomic E-state index is 8.62. The van der Waals surface area contributed by atoms with Crippen LogP contribution in [0.2, 0.25) is 5.02 Å². The van der Waals surface area contributed by atoms with Crippen molar-refractivity contribution in [2.24, 2.45) is 10.9 Å². The Labute approximate surface area is 121 Å². The molecule has 0 aliphatic rings. The van der Waals surface area contributed by atoms with Gasteiger partial charge in [-0.3, -0.25) is 0 Å². The minimum atomic E-state index is 0.0594. The Morgan fingerprint density at radius 3 is 2.58 bits per heavy atom. The SMILES string of the molecule is N/C(=N/O)c1ccc(CSc2ccccc2)c(Cl)c1. The molecule has 0 aliphatic heterocycles. The maximum absolute atomic E-state index is 8.62. The van der Waals surface area contributed by atoms with E-state index >= 15 is 0 Å². The zero-order chi connectivity index (χ0) is 13.7. The van der Waals surface area contributed by atoms with Gasteiger partial charge in [0, 0.05) is 21.2 Å². The van der Waals surface area contributed by atoms with Crippen molar-refractivity contribution < 1.29 is 5.21 Å². The van der Waals surface area contributed by atoms with Crippen molar-refractivity contribution in [3.05, 3.63) is 64.7 Å². The summed E-state index contributed by atoms with van der Waals surface area (Å²) in [6.07, 6.45) is 0. The van der Waals surface area contributed by atoms with Crippen LogP contribution in [0.5, 0.6) is 0 Å². The summed E-state index contributed by atoms with van der Waals surface area (Å²) >= 11 is 7.90. The number of halogens is 1. The minimum Gasteiger partial charge on any atom is -0.409 e. The molecule has 0 amide bonds. The Morgan fingerprint density at radius 2 is 1.95 bits per heavy atom. The highest BCUT2D eigenvalue weighted by molar-refractivity contribution is 7.98. The van der Waals surface area contributed by atoms with Gasteiger partial charge in [0.05, 0.1) is 0 Å². The number of rotatable bonds is 4. The summed E-state index contributed by atoms with van der Waals surface area (Å²) in [7, 11) is 0. The van der Waals surface area contributed by atoms with Gasteiger partial charge in [0.2, 0.25) is 0 Å². The van der Waals surface area contributed by atoms with E-state index in [9.17, 15) is 0 Å². The molecule has 3 N–H and O–H groups in total. The monoisotopic (exact) mass is 292 g/mol. The lowest BCUT2D eigenvalue weighted by atomic mass is 10.1. The van der Waals surface area contributed by atoms with Crippen LogP contribution in [-0.4, -0.2) is 11.0 Å². The number of hydrogen-bond acceptors (Lipinski definition) is 3. The molecular formula is C14H13ClN2OS. The van der Waals surface area contributed by atoms with Crippen molar-refractivity contribution in [1.82, 2.24) is 0 Å². The molecule has 0 aromatic heterocycles. The highest BCUT2D eigenvalue weighted by atomic mass is 35.5. The first-order valence-corrected chi connectivity index (χ1v) is 7.01. The van der Waals surface area contributed by atoms with Gasteiger partial charge in [-0.1, -0.05) is 47.1 Å². The van der Waals surface area contributed by atoms with Crippen LogP contribution in [0, 0.1) is 0 Å². The topological polar surface area (TPSA) is 58.6 Å². The Balaban J connectivity index is 2.10. The smallest absolute Gasteiger partial charge is 0.170 e. The molecule has 0 spiro atoms. The van der Waals surface area contributed by atoms with Gasteiger partial charge < -0.3 is 10.9 Å². The number of oxime groups is 1. The van der Waals surface area contributed by atoms with Crippen LogP contribution >= 0.6 is 23.4 Å². The first kappa shape index (κ1) is 13.8. The Morgan fingerprint density at radius 1 is 1.21 bits per heavy atom. The summed E-state index contributed by atoms with van der Waals surface area (Å²) in [6, 6.07) is 15.5. The fourth-order valence-corrected chi connectivity index (χ4v) is 2.81. The Kier molecular flexibility index (Phi) is 4.71. The maximum Gasteiger partial charge on any atom is 0.170 e. The molecule has 3 nitrogen and oxygen atoms in total. The first-order chi connectivity index (χ1) is 9.20. The second kappa shape index (κ2) is 6.50. The quantitative estimate of drug-likeness (QED) is 0.297. The summed E-state index contributed by atoms with van der Waals surface area (Å²) in [4.78, 5) is 1.19. The van der Waals surface area contributed by atoms with E-state index in [-0.39, 0.29) is 5.84 Å². The van der Waals surface area contributed by atoms with Crippen LogP contribution in [0.15, 0.2) is 58.6 Å². The van der Waals surface area contributed by atoms with Crippen LogP contribution in [0.3, 0.4) is 0 Å². The number of benzene rings is 2. The van der Waals surface area contributed by atoms with Crippen LogP contribution in [0.25, 0.3) is 0 Å². The molecule has 0 fully saturated rings. The first-order valence-electron chi connectivity index (χ1n) is 5.65. The van der Waals surface area contributed by atoms with Crippen LogP contribution < -0.4 is 5.73 Å². The molecule has 98 valence electrons. The lowest BCUT2D eigenvalue weighted by Crippen LogP contribution is -2.12. The lowest BCUT2D eigenvalue weighted by Gasteiger charge is -2.06. The van der Waals surface area contributed by atoms with Crippen LogP contribution in [0.1, 0.15) is 11.1 Å². The van der Waals surface area contributed by atoms with E-state index in [1.54, 1.807) is 23.9 Å². The number of hydrogen-bond donors (Lipinski definition) is 2. The minimum absolute atomic E-state index is 0.0594. The summed E-state index contributed by atoms with van der Waals surface area (Å²) in [5.41, 5.74) is 7.14. The van der Waals surface area contributed by atoms with Crippen molar-refractivity contribution >= 4 is 29.2 Å². The van der Waals surface area contributed by atoms with E-state index in [1.165, 1.54) is 4.90 Å². The molecule has 0 heterocycles. The van der Waals surface area contributed by atoms with Gasteiger partial charge in [-0.2, -0.15) is 0 Å². The van der Waals surface area contributed by atoms with Gasteiger partial charge >= 0.3 is 0 Å². The largest absolute Gasteiger partial charge is 0.409 e. The van der Waals surface area contributed by atoms with Crippen molar-refractivity contribution in [2.45, 2.75) is 10.6 Å². The second-order valence-electron chi connectivity index (χ2n) is 3.89. The van der Waals surface area contributed by atoms with Gasteiger partial charge in [-0.25, -0.2) is 0 Å². The molecule has 2 aromatic carbocycles. The fraction of sp³-hybridized carbons (Fsp3) is 0.0714. The average Bonchev–Trinajstić information content (AvgIpc) is 2.46. The molecule has 0 bridgehead atoms. The molecule has 2 rings (SSSR count). The molecule has 0 unspecified atom stereocenters. The van der Waals surface area contributed by atoms with Gasteiger partial charge in [0.15, 0.2) is 5.84 Å². The van der Waals surface area contributed by atoms with Crippen molar-refractivity contribution in [3.63, 3.8) is 0 Å². The molecule has 0 aliphatic carbocycles. The average molecular weight is 293 g/mol. The molecule has 0 saturated carbocycles. The highest BCUT2D eigenvalue weighted by Gasteiger charge is 2.05. The van der Waals surface area contributed by atoms with E-state index in [0.717, 1.165) is 11.3 Å². The van der Waals surface area contributed by atoms with Crippen molar-refractivity contribution in [3.8, 4) is 0 Å². The summed E-state index contributed by atoms with van der Waals surface area (Å²) in [5, 5.41) is 12.2. The molecule has 2 aromatic rings. The standard InChI is InChI=1S/C14H13ClN2OS/c15-13-8-10(14(16)17-18)6-7-11(13)9-19-12-4-2-1-3-5-12/h1-8,18H,9H2,(H2,16,17). The predicted octanol–water partition coefficient (Wildman–Crippen LogP) is 3.73. The second-order valence-corrected chi connectivity index (χ2v) is 5.35. The molecule has 0 radical (unpaired) electrons. The predicted molar refractivity (Wildman–Crippen MR) is 80.0 cm³/mol. The fourth-order valence-electron chi connectivity index (χ4n) is 1.56. The molecule has 0 atom stereocenters. The van der Waals surface area contributed by atoms with Crippen LogP contribution in [-0.2, 0) is 5.75 Å². The van der Waals surface area contributed by atoms with Gasteiger partial charge in [0.25, 0.3) is 0 Å². The third kappa shape index (κ3) is 3.66. The van der Waals surface area contributed by atoms with Gasteiger partial charge in [0.1, 0.15) is 0 Å². The number of nitrogens with zero attached hydrogens (tertiary/aromatic N) is 1. The zero-order valence-electron chi connectivity index (χ0n) is 10.1. The molecule has 5 heteroatoms. The highest BCUT2D eigenvalue weighted by Crippen LogP contribution is 2.27. The van der Waals surface area contributed by atoms with E-state index in [2.05, 4.69) is 17.3 Å². The van der Waals surface area contributed by atoms with Gasteiger partial charge in [-0.05, 0) is 23.8 Å². The van der Waals surface area contributed by atoms with Crippen molar-refractivity contribution in [2.75, 3.05) is 0 Å². The Bertz CT molecular complexity index is 587. The van der Waals surface area contributed by atoms with E-state index in [4.69, 9.17) is 22.5 Å². The summed E-state index contributed by atoms with van der Waals surface area (Å²) in [5.74, 6) is 0.836. The molecule has 0 saturated heterocycles. The Hall–Kier alpha value is -1.65. The van der Waals surface area contributed by atoms with Gasteiger partial charge in [-0.15, -0.1) is 11.8 Å². The third-order valence-corrected chi connectivity index (χ3v) is 4.01.